The van der Waals surface area contributed by atoms with Crippen LogP contribution in [0.25, 0.3) is 0 Å². The zero-order chi connectivity index (χ0) is 12.1. The van der Waals surface area contributed by atoms with Gasteiger partial charge in [-0.25, -0.2) is 0 Å². The second-order valence-electron chi connectivity index (χ2n) is 4.55. The zero-order valence-electron chi connectivity index (χ0n) is 10.2. The highest BCUT2D eigenvalue weighted by atomic mass is 127. The summed E-state index contributed by atoms with van der Waals surface area (Å²) in [6.45, 7) is 3.80. The second kappa shape index (κ2) is 6.71. The van der Waals surface area contributed by atoms with Gasteiger partial charge in [0.2, 0.25) is 0 Å². The van der Waals surface area contributed by atoms with Crippen molar-refractivity contribution in [3.05, 3.63) is 33.4 Å². The van der Waals surface area contributed by atoms with Gasteiger partial charge in [-0.05, 0) is 53.5 Å². The van der Waals surface area contributed by atoms with Gasteiger partial charge in [-0.1, -0.05) is 25.1 Å². The molecular formula is C14H19IO2. The minimum Gasteiger partial charge on any atom is -0.353 e. The van der Waals surface area contributed by atoms with Gasteiger partial charge in [0.15, 0.2) is 6.29 Å². The first-order valence-corrected chi connectivity index (χ1v) is 7.33. The van der Waals surface area contributed by atoms with E-state index in [1.54, 1.807) is 0 Å². The lowest BCUT2D eigenvalue weighted by molar-refractivity contribution is -0.164. The maximum Gasteiger partial charge on any atom is 0.157 e. The Bertz CT molecular complexity index is 348. The van der Waals surface area contributed by atoms with Crippen LogP contribution in [0.1, 0.15) is 37.7 Å². The Morgan fingerprint density at radius 3 is 2.94 bits per heavy atom. The third-order valence-electron chi connectivity index (χ3n) is 3.11. The van der Waals surface area contributed by atoms with E-state index in [4.69, 9.17) is 9.47 Å². The van der Waals surface area contributed by atoms with Crippen molar-refractivity contribution < 1.29 is 9.47 Å². The first-order valence-electron chi connectivity index (χ1n) is 6.25. The van der Waals surface area contributed by atoms with E-state index in [9.17, 15) is 0 Å². The maximum atomic E-state index is 5.83. The summed E-state index contributed by atoms with van der Waals surface area (Å²) < 4.78 is 12.7. The van der Waals surface area contributed by atoms with Crippen LogP contribution in [0.2, 0.25) is 0 Å². The Morgan fingerprint density at radius 1 is 1.41 bits per heavy atom. The topological polar surface area (TPSA) is 18.5 Å². The molecule has 0 radical (unpaired) electrons. The van der Waals surface area contributed by atoms with E-state index >= 15 is 0 Å². The minimum absolute atomic E-state index is 0.0209. The predicted molar refractivity (Wildman–Crippen MR) is 77.1 cm³/mol. The second-order valence-corrected chi connectivity index (χ2v) is 5.71. The summed E-state index contributed by atoms with van der Waals surface area (Å²) in [6.07, 6.45) is 3.46. The molecule has 1 fully saturated rings. The van der Waals surface area contributed by atoms with Gasteiger partial charge >= 0.3 is 0 Å². The summed E-state index contributed by atoms with van der Waals surface area (Å²) in [6, 6.07) is 8.48. The van der Waals surface area contributed by atoms with Gasteiger partial charge in [-0.15, -0.1) is 0 Å². The zero-order valence-corrected chi connectivity index (χ0v) is 12.4. The van der Waals surface area contributed by atoms with Crippen molar-refractivity contribution in [1.82, 2.24) is 0 Å². The molecule has 1 heterocycles. The molecule has 2 nitrogen and oxygen atoms in total. The van der Waals surface area contributed by atoms with Crippen molar-refractivity contribution in [2.75, 3.05) is 13.2 Å². The van der Waals surface area contributed by atoms with Crippen molar-refractivity contribution in [2.45, 2.75) is 38.4 Å². The molecule has 3 heteroatoms. The van der Waals surface area contributed by atoms with Gasteiger partial charge in [-0.2, -0.15) is 0 Å². The van der Waals surface area contributed by atoms with Crippen LogP contribution in [0.5, 0.6) is 0 Å². The lowest BCUT2D eigenvalue weighted by atomic mass is 10.0. The molecule has 1 aromatic rings. The normalized spacial score (nSPS) is 22.4. The highest BCUT2D eigenvalue weighted by Crippen LogP contribution is 2.23. The lowest BCUT2D eigenvalue weighted by Gasteiger charge is -2.24. The molecule has 0 bridgehead atoms. The van der Waals surface area contributed by atoms with Crippen LogP contribution in [0, 0.1) is 3.57 Å². The fraction of sp³-hybridized carbons (Fsp3) is 0.571. The first kappa shape index (κ1) is 13.3. The van der Waals surface area contributed by atoms with Crippen LogP contribution in [-0.2, 0) is 9.47 Å². The molecule has 0 amide bonds. The van der Waals surface area contributed by atoms with Crippen molar-refractivity contribution in [1.29, 1.82) is 0 Å². The third-order valence-corrected chi connectivity index (χ3v) is 4.09. The Kier molecular flexibility index (Phi) is 5.25. The largest absolute Gasteiger partial charge is 0.353 e. The van der Waals surface area contributed by atoms with Crippen molar-refractivity contribution in [2.24, 2.45) is 0 Å². The molecular weight excluding hydrogens is 327 g/mol. The fourth-order valence-electron chi connectivity index (χ4n) is 2.06. The van der Waals surface area contributed by atoms with Crippen molar-refractivity contribution in [3.63, 3.8) is 0 Å². The molecule has 1 aromatic carbocycles. The van der Waals surface area contributed by atoms with Gasteiger partial charge in [-0.3, -0.25) is 0 Å². The van der Waals surface area contributed by atoms with E-state index in [-0.39, 0.29) is 6.29 Å². The fourth-order valence-corrected chi connectivity index (χ4v) is 2.98. The summed E-state index contributed by atoms with van der Waals surface area (Å²) >= 11 is 2.38. The van der Waals surface area contributed by atoms with Gasteiger partial charge in [0.05, 0.1) is 6.61 Å². The van der Waals surface area contributed by atoms with Gasteiger partial charge in [0.25, 0.3) is 0 Å². The van der Waals surface area contributed by atoms with E-state index in [2.05, 4.69) is 53.8 Å². The van der Waals surface area contributed by atoms with Gasteiger partial charge in [0.1, 0.15) is 0 Å². The molecule has 1 aliphatic rings. The summed E-state index contributed by atoms with van der Waals surface area (Å²) in [7, 11) is 0. The smallest absolute Gasteiger partial charge is 0.157 e. The highest BCUT2D eigenvalue weighted by Gasteiger charge is 2.16. The van der Waals surface area contributed by atoms with E-state index in [0.29, 0.717) is 5.92 Å². The highest BCUT2D eigenvalue weighted by molar-refractivity contribution is 14.1. The van der Waals surface area contributed by atoms with Gasteiger partial charge < -0.3 is 9.47 Å². The molecule has 0 N–H and O–H groups in total. The van der Waals surface area contributed by atoms with E-state index in [1.165, 1.54) is 22.0 Å². The average Bonchev–Trinajstić information content (AvgIpc) is 2.38. The number of hydrogen-bond donors (Lipinski definition) is 0. The lowest BCUT2D eigenvalue weighted by Crippen LogP contribution is -2.24. The van der Waals surface area contributed by atoms with Crippen LogP contribution in [-0.4, -0.2) is 19.5 Å². The molecule has 17 heavy (non-hydrogen) atoms. The number of rotatable bonds is 4. The Hall–Kier alpha value is -0.130. The maximum absolute atomic E-state index is 5.83. The molecule has 0 aromatic heterocycles. The molecule has 2 atom stereocenters. The Balaban J connectivity index is 1.84. The SMILES string of the molecule is CC(COC1CCCCO1)c1ccccc1I. The predicted octanol–water partition coefficient (Wildman–Crippen LogP) is 3.94. The van der Waals surface area contributed by atoms with Crippen molar-refractivity contribution in [3.8, 4) is 0 Å². The third kappa shape index (κ3) is 3.93. The molecule has 0 aliphatic carbocycles. The van der Waals surface area contributed by atoms with Crippen LogP contribution in [0.4, 0.5) is 0 Å². The monoisotopic (exact) mass is 346 g/mol. The summed E-state index contributed by atoms with van der Waals surface area (Å²) in [4.78, 5) is 0. The van der Waals surface area contributed by atoms with Crippen molar-refractivity contribution >= 4 is 22.6 Å². The van der Waals surface area contributed by atoms with E-state index < -0.39 is 0 Å². The summed E-state index contributed by atoms with van der Waals surface area (Å²) in [5, 5.41) is 0. The standard InChI is InChI=1S/C14H19IO2/c1-11(12-6-2-3-7-13(12)15)10-17-14-8-4-5-9-16-14/h2-3,6-7,11,14H,4-5,8-10H2,1H3. The quantitative estimate of drug-likeness (QED) is 0.769. The molecule has 2 rings (SSSR count). The molecule has 94 valence electrons. The molecule has 1 saturated heterocycles. The number of hydrogen-bond acceptors (Lipinski definition) is 2. The summed E-state index contributed by atoms with van der Waals surface area (Å²) in [5.41, 5.74) is 1.36. The van der Waals surface area contributed by atoms with Crippen LogP contribution in [0.3, 0.4) is 0 Å². The number of halogens is 1. The van der Waals surface area contributed by atoms with E-state index in [0.717, 1.165) is 19.6 Å². The molecule has 0 spiro atoms. The first-order chi connectivity index (χ1) is 8.27. The molecule has 1 aliphatic heterocycles. The Morgan fingerprint density at radius 2 is 2.24 bits per heavy atom. The summed E-state index contributed by atoms with van der Waals surface area (Å²) in [5.74, 6) is 0.425. The number of benzene rings is 1. The van der Waals surface area contributed by atoms with E-state index in [1.807, 2.05) is 0 Å². The van der Waals surface area contributed by atoms with Crippen LogP contribution >= 0.6 is 22.6 Å². The van der Waals surface area contributed by atoms with Crippen LogP contribution < -0.4 is 0 Å². The molecule has 0 saturated carbocycles. The molecule has 2 unspecified atom stereocenters. The van der Waals surface area contributed by atoms with Crippen LogP contribution in [0.15, 0.2) is 24.3 Å². The Labute approximate surface area is 117 Å². The minimum atomic E-state index is 0.0209. The number of ether oxygens (including phenoxy) is 2. The average molecular weight is 346 g/mol. The van der Waals surface area contributed by atoms with Gasteiger partial charge in [0, 0.05) is 16.1 Å².